The predicted molar refractivity (Wildman–Crippen MR) is 284 cm³/mol. The van der Waals surface area contributed by atoms with Gasteiger partial charge >= 0.3 is 0 Å². The third-order valence-electron chi connectivity index (χ3n) is 15.0. The summed E-state index contributed by atoms with van der Waals surface area (Å²) in [6.45, 7) is 0. The van der Waals surface area contributed by atoms with E-state index in [1.165, 1.54) is 43.9 Å². The summed E-state index contributed by atoms with van der Waals surface area (Å²) >= 11 is 0. The van der Waals surface area contributed by atoms with E-state index in [1.807, 2.05) is 18.2 Å². The molecule has 320 valence electrons. The lowest BCUT2D eigenvalue weighted by Crippen LogP contribution is -2.19. The van der Waals surface area contributed by atoms with Crippen LogP contribution in [0.5, 0.6) is 0 Å². The summed E-state index contributed by atoms with van der Waals surface area (Å²) in [5.74, 6) is 0. The lowest BCUT2D eigenvalue weighted by atomic mass is 9.92. The van der Waals surface area contributed by atoms with Crippen LogP contribution >= 0.6 is 0 Å². The van der Waals surface area contributed by atoms with Crippen LogP contribution in [0, 0.1) is 11.3 Å². The molecule has 16 rings (SSSR count). The molecule has 6 heteroatoms. The SMILES string of the molecule is N#Cc1c2c1c1c3cc4ccc(N(c5ccccc5)c5cccc6c5oc5ccccc56)cc4cc3n3c4cc5c(cc4c2c13)CCC(N(c1ccccc1)c1cccc2c1oc1ccccc12)=C5. The Morgan fingerprint density at radius 1 is 0.449 bits per heavy atom. The maximum absolute atomic E-state index is 10.5. The maximum atomic E-state index is 10.5. The first-order valence-electron chi connectivity index (χ1n) is 23.6. The number of aryl methyl sites for hydroxylation is 1. The molecule has 0 saturated heterocycles. The Morgan fingerprint density at radius 3 is 1.70 bits per heavy atom. The van der Waals surface area contributed by atoms with Crippen molar-refractivity contribution in [2.24, 2.45) is 0 Å². The van der Waals surface area contributed by atoms with E-state index in [-0.39, 0.29) is 0 Å². The van der Waals surface area contributed by atoms with Gasteiger partial charge in [0.25, 0.3) is 0 Å². The summed E-state index contributed by atoms with van der Waals surface area (Å²) in [5.41, 5.74) is 16.8. The van der Waals surface area contributed by atoms with Crippen LogP contribution in [0.2, 0.25) is 0 Å². The Labute approximate surface area is 393 Å². The second-order valence-electron chi connectivity index (χ2n) is 18.6. The number of nitrogens with zero attached hydrogens (tertiary/aromatic N) is 4. The highest BCUT2D eigenvalue weighted by Gasteiger charge is 2.33. The first-order chi connectivity index (χ1) is 34.2. The molecule has 0 amide bonds. The van der Waals surface area contributed by atoms with Gasteiger partial charge < -0.3 is 23.0 Å². The molecule has 0 bridgehead atoms. The van der Waals surface area contributed by atoms with Crippen molar-refractivity contribution >= 4 is 138 Å². The molecule has 11 aromatic carbocycles. The minimum absolute atomic E-state index is 0.830. The minimum atomic E-state index is 0.830. The molecule has 0 fully saturated rings. The Balaban J connectivity index is 0.904. The van der Waals surface area contributed by atoms with Crippen molar-refractivity contribution in [3.8, 4) is 6.07 Å². The molecule has 0 unspecified atom stereocenters. The molecule has 1 aliphatic rings. The molecule has 0 saturated carbocycles. The number of anilines is 5. The number of hydrogen-bond donors (Lipinski definition) is 0. The van der Waals surface area contributed by atoms with Crippen LogP contribution in [-0.4, -0.2) is 4.40 Å². The van der Waals surface area contributed by atoms with Gasteiger partial charge in [0, 0.05) is 76.6 Å². The molecule has 15 aromatic rings. The van der Waals surface area contributed by atoms with Gasteiger partial charge in [-0.15, -0.1) is 0 Å². The van der Waals surface area contributed by atoms with Crippen LogP contribution in [0.25, 0.3) is 110 Å². The second kappa shape index (κ2) is 13.4. The first kappa shape index (κ1) is 36.9. The van der Waals surface area contributed by atoms with Gasteiger partial charge in [0.15, 0.2) is 11.2 Å². The smallest absolute Gasteiger partial charge is 0.159 e. The molecule has 4 aromatic heterocycles. The third kappa shape index (κ3) is 4.98. The fourth-order valence-corrected chi connectivity index (χ4v) is 12.0. The Hall–Kier alpha value is -9.31. The Morgan fingerprint density at radius 2 is 1.03 bits per heavy atom. The highest BCUT2D eigenvalue weighted by Crippen LogP contribution is 2.55. The van der Waals surface area contributed by atoms with E-state index in [0.29, 0.717) is 0 Å². The molecule has 0 N–H and O–H groups in total. The standard InChI is InChI=1S/C63H36N4O2/c64-35-50-57-58(50)60-49-32-37-26-28-43(66(41-15-5-2-6-16-41)52-22-12-20-47-45-18-8-10-24-56(45)69-63(47)52)30-39(37)34-54(49)67-53-33-38-29-42(27-25-36(38)31-48(53)59(57)61(60)67)65(40-13-3-1-4-14-40)51-21-11-19-46-44-17-7-9-23-55(44)68-62(46)51/h1-25,27,29-34H,26,28H2. The van der Waals surface area contributed by atoms with Crippen molar-refractivity contribution in [1.82, 2.24) is 4.40 Å². The lowest BCUT2D eigenvalue weighted by Gasteiger charge is -2.30. The molecule has 0 atom stereocenters. The van der Waals surface area contributed by atoms with E-state index >= 15 is 0 Å². The van der Waals surface area contributed by atoms with Crippen molar-refractivity contribution in [3.05, 3.63) is 210 Å². The lowest BCUT2D eigenvalue weighted by molar-refractivity contribution is 0.668. The van der Waals surface area contributed by atoms with E-state index in [4.69, 9.17) is 8.83 Å². The molecule has 0 radical (unpaired) electrons. The van der Waals surface area contributed by atoms with Crippen LogP contribution in [0.3, 0.4) is 0 Å². The van der Waals surface area contributed by atoms with E-state index in [2.05, 4.69) is 196 Å². The number of nitriles is 1. The molecule has 69 heavy (non-hydrogen) atoms. The number of aromatic nitrogens is 1. The number of para-hydroxylation sites is 6. The zero-order valence-electron chi connectivity index (χ0n) is 37.0. The van der Waals surface area contributed by atoms with Crippen molar-refractivity contribution in [3.63, 3.8) is 0 Å². The molecule has 0 spiro atoms. The van der Waals surface area contributed by atoms with Gasteiger partial charge in [-0.05, 0) is 126 Å². The minimum Gasteiger partial charge on any atom is -0.454 e. The molecule has 4 heterocycles. The topological polar surface area (TPSA) is 61.0 Å². The molecule has 1 aliphatic carbocycles. The highest BCUT2D eigenvalue weighted by molar-refractivity contribution is 6.47. The number of hydrogen-bond acceptors (Lipinski definition) is 5. The van der Waals surface area contributed by atoms with Crippen molar-refractivity contribution in [2.45, 2.75) is 12.8 Å². The number of allylic oxidation sites excluding steroid dienone is 1. The average Bonchev–Trinajstić information content (AvgIpc) is 3.86. The van der Waals surface area contributed by atoms with Crippen LogP contribution in [-0.2, 0) is 6.42 Å². The van der Waals surface area contributed by atoms with Crippen LogP contribution in [0.4, 0.5) is 28.4 Å². The van der Waals surface area contributed by atoms with Crippen LogP contribution < -0.4 is 9.80 Å². The van der Waals surface area contributed by atoms with Crippen molar-refractivity contribution in [2.75, 3.05) is 9.80 Å². The van der Waals surface area contributed by atoms with Crippen LogP contribution in [0.15, 0.2) is 203 Å². The van der Waals surface area contributed by atoms with E-state index in [1.54, 1.807) is 0 Å². The molecule has 6 nitrogen and oxygen atoms in total. The third-order valence-corrected chi connectivity index (χ3v) is 15.0. The van der Waals surface area contributed by atoms with Gasteiger partial charge in [-0.2, -0.15) is 5.26 Å². The van der Waals surface area contributed by atoms with E-state index in [9.17, 15) is 5.26 Å². The normalized spacial score (nSPS) is 13.2. The van der Waals surface area contributed by atoms with Gasteiger partial charge in [0.05, 0.1) is 33.5 Å². The Bertz CT molecular complexity index is 4680. The fourth-order valence-electron chi connectivity index (χ4n) is 12.0. The van der Waals surface area contributed by atoms with E-state index in [0.717, 1.165) is 123 Å². The first-order valence-corrected chi connectivity index (χ1v) is 23.6. The highest BCUT2D eigenvalue weighted by atomic mass is 16.3. The monoisotopic (exact) mass is 880 g/mol. The molecule has 0 aliphatic heterocycles. The summed E-state index contributed by atoms with van der Waals surface area (Å²) < 4.78 is 15.8. The van der Waals surface area contributed by atoms with Crippen molar-refractivity contribution in [1.29, 1.82) is 5.26 Å². The molecular weight excluding hydrogens is 845 g/mol. The van der Waals surface area contributed by atoms with Gasteiger partial charge in [0.2, 0.25) is 0 Å². The summed E-state index contributed by atoms with van der Waals surface area (Å²) in [6.07, 6.45) is 4.13. The number of fused-ring (bicyclic) bond motifs is 17. The number of furan rings is 2. The Kier molecular flexibility index (Phi) is 7.16. The average molecular weight is 881 g/mol. The van der Waals surface area contributed by atoms with Crippen LogP contribution in [0.1, 0.15) is 23.1 Å². The predicted octanol–water partition coefficient (Wildman–Crippen LogP) is 17.3. The summed E-state index contributed by atoms with van der Waals surface area (Å²) in [7, 11) is 0. The molecular formula is C63H36N4O2. The summed E-state index contributed by atoms with van der Waals surface area (Å²) in [4.78, 5) is 4.70. The summed E-state index contributed by atoms with van der Waals surface area (Å²) in [5, 5.41) is 24.2. The number of benzene rings is 10. The quantitative estimate of drug-likeness (QED) is 0.166. The van der Waals surface area contributed by atoms with E-state index < -0.39 is 0 Å². The number of rotatable bonds is 6. The van der Waals surface area contributed by atoms with Gasteiger partial charge in [-0.1, -0.05) is 103 Å². The zero-order chi connectivity index (χ0) is 45.1. The van der Waals surface area contributed by atoms with Gasteiger partial charge in [-0.25, -0.2) is 0 Å². The van der Waals surface area contributed by atoms with Gasteiger partial charge in [0.1, 0.15) is 17.2 Å². The van der Waals surface area contributed by atoms with Gasteiger partial charge in [-0.3, -0.25) is 0 Å². The second-order valence-corrected chi connectivity index (χ2v) is 18.6. The largest absolute Gasteiger partial charge is 0.454 e. The fraction of sp³-hybridized carbons (Fsp3) is 0.0317. The maximum Gasteiger partial charge on any atom is 0.159 e. The van der Waals surface area contributed by atoms with Crippen molar-refractivity contribution < 1.29 is 8.83 Å². The summed E-state index contributed by atoms with van der Waals surface area (Å²) in [6, 6.07) is 69.6. The zero-order valence-corrected chi connectivity index (χ0v) is 37.0.